The summed E-state index contributed by atoms with van der Waals surface area (Å²) in [5.41, 5.74) is 10.4. The zero-order valence-electron chi connectivity index (χ0n) is 8.45. The van der Waals surface area contributed by atoms with Crippen LogP contribution in [0.1, 0.15) is 19.3 Å². The van der Waals surface area contributed by atoms with Crippen molar-refractivity contribution in [1.82, 2.24) is 0 Å². The highest BCUT2D eigenvalue weighted by atomic mass is 31.2. The van der Waals surface area contributed by atoms with Crippen molar-refractivity contribution in [2.24, 2.45) is 11.5 Å². The van der Waals surface area contributed by atoms with E-state index in [1.54, 1.807) is 0 Å². The maximum Gasteiger partial charge on any atom is 0.507 e. The van der Waals surface area contributed by atoms with E-state index in [-0.39, 0.29) is 4.70 Å². The molecule has 0 bridgehead atoms. The van der Waals surface area contributed by atoms with E-state index in [9.17, 15) is 8.99 Å². The Morgan fingerprint density at radius 2 is 1.75 bits per heavy atom. The monoisotopic (exact) mass is 266 g/mol. The van der Waals surface area contributed by atoms with Gasteiger partial charge in [-0.15, -0.1) is 4.20 Å². The average molecular weight is 266 g/mol. The first-order valence-corrected chi connectivity index (χ1v) is 5.62. The first-order valence-electron chi connectivity index (χ1n) is 4.12. The van der Waals surface area contributed by atoms with Gasteiger partial charge in [0.15, 0.2) is 0 Å². The summed E-state index contributed by atoms with van der Waals surface area (Å²) in [7, 11) is -5.14. The summed E-state index contributed by atoms with van der Waals surface area (Å²) in [6, 6.07) is -0.716. The lowest BCUT2D eigenvalue weighted by Crippen LogP contribution is -2.29. The maximum absolute atomic E-state index is 10.4. The molecule has 0 aromatic heterocycles. The highest BCUT2D eigenvalue weighted by Gasteiger charge is 2.09. The number of aliphatic carboxylic acids is 1. The third kappa shape index (κ3) is 29.2. The fourth-order valence-corrected chi connectivity index (χ4v) is 0.632. The lowest BCUT2D eigenvalue weighted by atomic mass is 10.1. The molecule has 0 saturated carbocycles. The van der Waals surface area contributed by atoms with Gasteiger partial charge in [0, 0.05) is 0 Å². The molecule has 0 saturated heterocycles. The Labute approximate surface area is 91.3 Å². The number of carbonyl (C=O) groups is 1. The predicted molar refractivity (Wildman–Crippen MR) is 54.2 cm³/mol. The summed E-state index contributed by atoms with van der Waals surface area (Å²) in [6.07, 6.45) is 2.16. The van der Waals surface area contributed by atoms with Crippen LogP contribution in [0.3, 0.4) is 0 Å². The lowest BCUT2D eigenvalue weighted by molar-refractivity contribution is -0.138. The number of carboxylic acids is 1. The molecule has 0 aliphatic rings. The standard InChI is InChI=1S/C6H14N2O2.FH2O3P.FH/c7-4-2-1-3-5(8)6(9)10;1-5(2,3)4;/h5H,1-4,7-8H2,(H,9,10);(H2,2,3,4);1H. The van der Waals surface area contributed by atoms with Crippen LogP contribution in [0.5, 0.6) is 0 Å². The molecule has 1 atom stereocenters. The summed E-state index contributed by atoms with van der Waals surface area (Å²) < 4.78 is 19.0. The molecular formula is C6H17F2N2O5P. The number of hydrogen-bond donors (Lipinski definition) is 5. The van der Waals surface area contributed by atoms with Crippen LogP contribution in [-0.2, 0) is 9.36 Å². The Bertz CT molecular complexity index is 217. The van der Waals surface area contributed by atoms with Crippen LogP contribution in [0.15, 0.2) is 0 Å². The fourth-order valence-electron chi connectivity index (χ4n) is 0.632. The van der Waals surface area contributed by atoms with Crippen LogP contribution in [0.25, 0.3) is 0 Å². The minimum Gasteiger partial charge on any atom is -0.480 e. The molecule has 7 N–H and O–H groups in total. The van der Waals surface area contributed by atoms with Gasteiger partial charge in [0.1, 0.15) is 6.04 Å². The third-order valence-electron chi connectivity index (χ3n) is 1.29. The summed E-state index contributed by atoms with van der Waals surface area (Å²) in [4.78, 5) is 24.1. The number of unbranched alkanes of at least 4 members (excludes halogenated alkanes) is 1. The fraction of sp³-hybridized carbons (Fsp3) is 0.833. The van der Waals surface area contributed by atoms with Gasteiger partial charge in [0.2, 0.25) is 0 Å². The second-order valence-electron chi connectivity index (χ2n) is 2.70. The Balaban J connectivity index is -0.000000242. The minimum atomic E-state index is -5.14. The summed E-state index contributed by atoms with van der Waals surface area (Å²) in [5.74, 6) is -0.933. The largest absolute Gasteiger partial charge is 0.507 e. The van der Waals surface area contributed by atoms with Crippen LogP contribution in [0.2, 0.25) is 0 Å². The quantitative estimate of drug-likeness (QED) is 0.340. The lowest BCUT2D eigenvalue weighted by Gasteiger charge is -2.03. The number of hydrogen-bond acceptors (Lipinski definition) is 4. The molecule has 16 heavy (non-hydrogen) atoms. The second kappa shape index (κ2) is 10.9. The highest BCUT2D eigenvalue weighted by Crippen LogP contribution is 2.34. The molecule has 0 radical (unpaired) electrons. The number of rotatable bonds is 5. The van der Waals surface area contributed by atoms with Gasteiger partial charge in [0.05, 0.1) is 0 Å². The molecule has 0 heterocycles. The van der Waals surface area contributed by atoms with Crippen molar-refractivity contribution in [3.63, 3.8) is 0 Å². The molecule has 0 fully saturated rings. The Morgan fingerprint density at radius 3 is 2.00 bits per heavy atom. The van der Waals surface area contributed by atoms with E-state index in [0.717, 1.165) is 12.8 Å². The van der Waals surface area contributed by atoms with Crippen molar-refractivity contribution < 1.29 is 33.2 Å². The molecule has 0 amide bonds. The van der Waals surface area contributed by atoms with Gasteiger partial charge in [-0.3, -0.25) is 19.3 Å². The molecule has 0 aromatic rings. The molecule has 10 heteroatoms. The Morgan fingerprint density at radius 1 is 1.38 bits per heavy atom. The smallest absolute Gasteiger partial charge is 0.480 e. The summed E-state index contributed by atoms with van der Waals surface area (Å²) >= 11 is 0. The van der Waals surface area contributed by atoms with Gasteiger partial charge in [0.25, 0.3) is 0 Å². The highest BCUT2D eigenvalue weighted by molar-refractivity contribution is 7.45. The van der Waals surface area contributed by atoms with Crippen molar-refractivity contribution in [3.8, 4) is 0 Å². The van der Waals surface area contributed by atoms with Gasteiger partial charge in [-0.1, -0.05) is 6.42 Å². The molecule has 0 aromatic carbocycles. The zero-order chi connectivity index (χ0) is 12.5. The van der Waals surface area contributed by atoms with Gasteiger partial charge >= 0.3 is 13.9 Å². The van der Waals surface area contributed by atoms with Crippen molar-refractivity contribution in [3.05, 3.63) is 0 Å². The molecule has 0 aliphatic heterocycles. The van der Waals surface area contributed by atoms with Crippen LogP contribution >= 0.6 is 7.91 Å². The molecule has 0 aliphatic carbocycles. The second-order valence-corrected chi connectivity index (χ2v) is 3.65. The van der Waals surface area contributed by atoms with Gasteiger partial charge in [-0.05, 0) is 19.4 Å². The van der Waals surface area contributed by atoms with Crippen molar-refractivity contribution in [1.29, 1.82) is 0 Å². The minimum absolute atomic E-state index is 0. The first-order chi connectivity index (χ1) is 6.68. The maximum atomic E-state index is 10.4. The number of carboxylic acid groups (broad SMARTS) is 1. The van der Waals surface area contributed by atoms with E-state index in [2.05, 4.69) is 0 Å². The predicted octanol–water partition coefficient (Wildman–Crippen LogP) is -0.272. The van der Waals surface area contributed by atoms with E-state index in [1.165, 1.54) is 0 Å². The SMILES string of the molecule is F.NCCCCC(N)C(=O)O.O=P(O)(O)F. The summed E-state index contributed by atoms with van der Waals surface area (Å²) in [5, 5.41) is 8.33. The third-order valence-corrected chi connectivity index (χ3v) is 1.29. The molecule has 100 valence electrons. The van der Waals surface area contributed by atoms with E-state index in [4.69, 9.17) is 30.9 Å². The molecule has 1 unspecified atom stereocenters. The van der Waals surface area contributed by atoms with Crippen LogP contribution in [-0.4, -0.2) is 33.4 Å². The number of halogens is 2. The molecular weight excluding hydrogens is 249 g/mol. The Hall–Kier alpha value is -0.600. The van der Waals surface area contributed by atoms with Gasteiger partial charge in [-0.25, -0.2) is 4.57 Å². The van der Waals surface area contributed by atoms with Gasteiger partial charge < -0.3 is 16.6 Å². The van der Waals surface area contributed by atoms with E-state index < -0.39 is 19.9 Å². The van der Waals surface area contributed by atoms with Crippen LogP contribution in [0, 0.1) is 0 Å². The van der Waals surface area contributed by atoms with E-state index in [1.807, 2.05) is 0 Å². The van der Waals surface area contributed by atoms with Crippen molar-refractivity contribution in [2.45, 2.75) is 25.3 Å². The Kier molecular flexibility index (Phi) is 14.2. The van der Waals surface area contributed by atoms with Crippen LogP contribution in [0.4, 0.5) is 8.90 Å². The molecule has 0 spiro atoms. The first kappa shape index (κ1) is 20.8. The molecule has 7 nitrogen and oxygen atoms in total. The van der Waals surface area contributed by atoms with E-state index in [0.29, 0.717) is 13.0 Å². The van der Waals surface area contributed by atoms with Crippen LogP contribution < -0.4 is 11.5 Å². The molecule has 0 rings (SSSR count). The van der Waals surface area contributed by atoms with Crippen molar-refractivity contribution in [2.75, 3.05) is 6.54 Å². The normalized spacial score (nSPS) is 11.8. The zero-order valence-corrected chi connectivity index (χ0v) is 9.35. The number of nitrogens with two attached hydrogens (primary N) is 2. The van der Waals surface area contributed by atoms with Crippen molar-refractivity contribution >= 4 is 13.9 Å². The summed E-state index contributed by atoms with van der Waals surface area (Å²) in [6.45, 7) is 0.604. The van der Waals surface area contributed by atoms with Gasteiger partial charge in [-0.2, -0.15) is 0 Å². The topological polar surface area (TPSA) is 147 Å². The van der Waals surface area contributed by atoms with E-state index >= 15 is 0 Å². The average Bonchev–Trinajstić information content (AvgIpc) is 2.01.